The van der Waals surface area contributed by atoms with E-state index in [9.17, 15) is 0 Å². The zero-order chi connectivity index (χ0) is 11.8. The number of hydrogen-bond acceptors (Lipinski definition) is 3. The Morgan fingerprint density at radius 1 is 1.38 bits per heavy atom. The first kappa shape index (κ1) is 12.3. The molecule has 0 bridgehead atoms. The van der Waals surface area contributed by atoms with Gasteiger partial charge < -0.3 is 10.5 Å². The van der Waals surface area contributed by atoms with Gasteiger partial charge in [-0.05, 0) is 52.5 Å². The van der Waals surface area contributed by atoms with E-state index in [0.29, 0.717) is 18.0 Å². The third kappa shape index (κ3) is 2.76. The van der Waals surface area contributed by atoms with Gasteiger partial charge >= 0.3 is 0 Å². The lowest BCUT2D eigenvalue weighted by Crippen LogP contribution is -2.45. The molecule has 94 valence electrons. The molecule has 0 aromatic rings. The van der Waals surface area contributed by atoms with Crippen LogP contribution in [-0.2, 0) is 4.74 Å². The van der Waals surface area contributed by atoms with Gasteiger partial charge in [-0.15, -0.1) is 0 Å². The van der Waals surface area contributed by atoms with Gasteiger partial charge in [0, 0.05) is 25.2 Å². The Hall–Kier alpha value is -0.120. The smallest absolute Gasteiger partial charge is 0.0641 e. The lowest BCUT2D eigenvalue weighted by molar-refractivity contribution is -0.0807. The Morgan fingerprint density at radius 3 is 2.69 bits per heavy atom. The second-order valence-corrected chi connectivity index (χ2v) is 6.16. The Kier molecular flexibility index (Phi) is 3.57. The normalized spacial score (nSPS) is 37.5. The topological polar surface area (TPSA) is 38.5 Å². The van der Waals surface area contributed by atoms with Crippen molar-refractivity contribution in [3.05, 3.63) is 0 Å². The number of hydrogen-bond donors (Lipinski definition) is 1. The highest BCUT2D eigenvalue weighted by molar-refractivity contribution is 4.90. The second-order valence-electron chi connectivity index (χ2n) is 6.16. The molecule has 2 saturated heterocycles. The largest absolute Gasteiger partial charge is 0.375 e. The van der Waals surface area contributed by atoms with Crippen molar-refractivity contribution in [3.63, 3.8) is 0 Å². The summed E-state index contributed by atoms with van der Waals surface area (Å²) < 4.78 is 5.78. The van der Waals surface area contributed by atoms with E-state index in [2.05, 4.69) is 25.7 Å². The molecule has 16 heavy (non-hydrogen) atoms. The molecule has 3 unspecified atom stereocenters. The first-order valence-corrected chi connectivity index (χ1v) is 6.61. The summed E-state index contributed by atoms with van der Waals surface area (Å²) in [6, 6.07) is 1.06. The van der Waals surface area contributed by atoms with Crippen molar-refractivity contribution in [1.29, 1.82) is 0 Å². The van der Waals surface area contributed by atoms with Crippen LogP contribution in [0.1, 0.15) is 40.0 Å². The molecule has 2 aliphatic heterocycles. The summed E-state index contributed by atoms with van der Waals surface area (Å²) in [4.78, 5) is 2.64. The molecule has 0 saturated carbocycles. The van der Waals surface area contributed by atoms with Crippen LogP contribution < -0.4 is 5.73 Å². The van der Waals surface area contributed by atoms with Crippen molar-refractivity contribution in [2.75, 3.05) is 19.7 Å². The third-order valence-electron chi connectivity index (χ3n) is 4.19. The maximum atomic E-state index is 5.99. The Morgan fingerprint density at radius 2 is 2.12 bits per heavy atom. The number of nitrogens with two attached hydrogens (primary N) is 1. The van der Waals surface area contributed by atoms with Crippen molar-refractivity contribution in [2.45, 2.75) is 57.7 Å². The predicted octanol–water partition coefficient (Wildman–Crippen LogP) is 1.61. The van der Waals surface area contributed by atoms with Gasteiger partial charge in [0.15, 0.2) is 0 Å². The van der Waals surface area contributed by atoms with Crippen LogP contribution >= 0.6 is 0 Å². The van der Waals surface area contributed by atoms with Gasteiger partial charge in [0.25, 0.3) is 0 Å². The van der Waals surface area contributed by atoms with E-state index in [1.54, 1.807) is 0 Å². The van der Waals surface area contributed by atoms with Crippen molar-refractivity contribution in [3.8, 4) is 0 Å². The quantitative estimate of drug-likeness (QED) is 0.777. The summed E-state index contributed by atoms with van der Waals surface area (Å²) >= 11 is 0. The zero-order valence-corrected chi connectivity index (χ0v) is 10.9. The number of likely N-dealkylation sites (tertiary alicyclic amines) is 1. The minimum Gasteiger partial charge on any atom is -0.375 e. The molecular formula is C13H26N2O. The summed E-state index contributed by atoms with van der Waals surface area (Å²) in [6.07, 6.45) is 3.63. The molecule has 0 aromatic heterocycles. The lowest BCUT2D eigenvalue weighted by atomic mass is 9.93. The molecule has 0 spiro atoms. The fourth-order valence-electron chi connectivity index (χ4n) is 3.09. The summed E-state index contributed by atoms with van der Waals surface area (Å²) in [5.74, 6) is 0.700. The van der Waals surface area contributed by atoms with E-state index in [1.807, 2.05) is 0 Å². The molecule has 3 heteroatoms. The highest BCUT2D eigenvalue weighted by Gasteiger charge is 2.36. The Labute approximate surface area is 99.3 Å². The molecule has 2 fully saturated rings. The van der Waals surface area contributed by atoms with Crippen LogP contribution in [0.25, 0.3) is 0 Å². The fourth-order valence-corrected chi connectivity index (χ4v) is 3.09. The van der Waals surface area contributed by atoms with Crippen LogP contribution in [0.2, 0.25) is 0 Å². The van der Waals surface area contributed by atoms with Crippen LogP contribution in [0.5, 0.6) is 0 Å². The number of ether oxygens (including phenoxy) is 1. The predicted molar refractivity (Wildman–Crippen MR) is 66.4 cm³/mol. The fraction of sp³-hybridized carbons (Fsp3) is 1.00. The molecule has 2 N–H and O–H groups in total. The Bertz CT molecular complexity index is 240. The summed E-state index contributed by atoms with van der Waals surface area (Å²) in [7, 11) is 0. The van der Waals surface area contributed by atoms with Crippen LogP contribution in [0.4, 0.5) is 0 Å². The molecule has 2 heterocycles. The van der Waals surface area contributed by atoms with Gasteiger partial charge in [-0.1, -0.05) is 0 Å². The van der Waals surface area contributed by atoms with Crippen LogP contribution in [0.3, 0.4) is 0 Å². The van der Waals surface area contributed by atoms with Gasteiger partial charge in [-0.25, -0.2) is 0 Å². The highest BCUT2D eigenvalue weighted by atomic mass is 16.5. The monoisotopic (exact) mass is 226 g/mol. The van der Waals surface area contributed by atoms with E-state index >= 15 is 0 Å². The van der Waals surface area contributed by atoms with Crippen molar-refractivity contribution in [2.24, 2.45) is 11.7 Å². The molecule has 3 atom stereocenters. The molecule has 2 aliphatic rings. The van der Waals surface area contributed by atoms with E-state index in [0.717, 1.165) is 6.61 Å². The van der Waals surface area contributed by atoms with Crippen LogP contribution in [0, 0.1) is 5.92 Å². The molecule has 0 aromatic carbocycles. The van der Waals surface area contributed by atoms with Gasteiger partial charge in [-0.3, -0.25) is 4.90 Å². The minimum absolute atomic E-state index is 0.0648. The first-order valence-electron chi connectivity index (χ1n) is 6.61. The van der Waals surface area contributed by atoms with E-state index in [-0.39, 0.29) is 5.60 Å². The molecular weight excluding hydrogens is 200 g/mol. The molecule has 0 amide bonds. The minimum atomic E-state index is 0.0648. The van der Waals surface area contributed by atoms with Crippen LogP contribution in [-0.4, -0.2) is 42.3 Å². The lowest BCUT2D eigenvalue weighted by Gasteiger charge is -2.40. The SMILES string of the molecule is CC(N)C1CCN(C2CCOC(C)(C)C2)C1. The van der Waals surface area contributed by atoms with E-state index < -0.39 is 0 Å². The van der Waals surface area contributed by atoms with Gasteiger partial charge in [0.05, 0.1) is 5.60 Å². The molecule has 0 aliphatic carbocycles. The molecule has 2 rings (SSSR count). The highest BCUT2D eigenvalue weighted by Crippen LogP contribution is 2.31. The van der Waals surface area contributed by atoms with Gasteiger partial charge in [0.1, 0.15) is 0 Å². The second kappa shape index (κ2) is 4.63. The summed E-state index contributed by atoms with van der Waals surface area (Å²) in [6.45, 7) is 9.89. The van der Waals surface area contributed by atoms with Crippen molar-refractivity contribution < 1.29 is 4.74 Å². The average Bonchev–Trinajstić information content (AvgIpc) is 2.64. The standard InChI is InChI=1S/C13H26N2O/c1-10(14)11-4-6-15(9-11)12-5-7-16-13(2,3)8-12/h10-12H,4-9,14H2,1-3H3. The number of rotatable bonds is 2. The zero-order valence-electron chi connectivity index (χ0n) is 10.9. The molecule has 3 nitrogen and oxygen atoms in total. The maximum absolute atomic E-state index is 5.99. The van der Waals surface area contributed by atoms with Crippen molar-refractivity contribution in [1.82, 2.24) is 4.90 Å². The van der Waals surface area contributed by atoms with Crippen molar-refractivity contribution >= 4 is 0 Å². The maximum Gasteiger partial charge on any atom is 0.0641 e. The summed E-state index contributed by atoms with van der Waals surface area (Å²) in [5, 5.41) is 0. The molecule has 0 radical (unpaired) electrons. The number of nitrogens with zero attached hydrogens (tertiary/aromatic N) is 1. The van der Waals surface area contributed by atoms with Crippen LogP contribution in [0.15, 0.2) is 0 Å². The third-order valence-corrected chi connectivity index (χ3v) is 4.19. The van der Waals surface area contributed by atoms with Gasteiger partial charge in [0.2, 0.25) is 0 Å². The average molecular weight is 226 g/mol. The van der Waals surface area contributed by atoms with Gasteiger partial charge in [-0.2, -0.15) is 0 Å². The summed E-state index contributed by atoms with van der Waals surface area (Å²) in [5.41, 5.74) is 6.06. The first-order chi connectivity index (χ1) is 7.48. The van der Waals surface area contributed by atoms with E-state index in [1.165, 1.54) is 32.4 Å². The Balaban J connectivity index is 1.89. The van der Waals surface area contributed by atoms with E-state index in [4.69, 9.17) is 10.5 Å².